The Labute approximate surface area is 113 Å². The quantitative estimate of drug-likeness (QED) is 0.864. The molecule has 0 radical (unpaired) electrons. The molecule has 1 aromatic heterocycles. The summed E-state index contributed by atoms with van der Waals surface area (Å²) in [5, 5.41) is 11.4. The van der Waals surface area contributed by atoms with Gasteiger partial charge in [-0.1, -0.05) is 13.3 Å². The summed E-state index contributed by atoms with van der Waals surface area (Å²) in [7, 11) is 0. The maximum Gasteiger partial charge on any atom is 0.243 e. The number of hydrogen-bond acceptors (Lipinski definition) is 4. The van der Waals surface area contributed by atoms with Gasteiger partial charge in [-0.15, -0.1) is 10.2 Å². The van der Waals surface area contributed by atoms with Crippen LogP contribution in [0.1, 0.15) is 38.4 Å². The molecule has 1 fully saturated rings. The second-order valence-electron chi connectivity index (χ2n) is 5.53. The van der Waals surface area contributed by atoms with Gasteiger partial charge in [0.15, 0.2) is 5.82 Å². The van der Waals surface area contributed by atoms with Crippen molar-refractivity contribution in [2.45, 2.75) is 51.2 Å². The van der Waals surface area contributed by atoms with E-state index in [1.807, 2.05) is 9.47 Å². The first-order valence-electron chi connectivity index (χ1n) is 7.16. The normalized spacial score (nSPS) is 26.5. The van der Waals surface area contributed by atoms with E-state index in [-0.39, 0.29) is 11.4 Å². The third-order valence-corrected chi connectivity index (χ3v) is 4.26. The summed E-state index contributed by atoms with van der Waals surface area (Å²) in [6.45, 7) is 5.25. The summed E-state index contributed by atoms with van der Waals surface area (Å²) < 4.78 is 2.03. The van der Waals surface area contributed by atoms with E-state index in [4.69, 9.17) is 0 Å². The molecule has 2 aliphatic rings. The first-order valence-corrected chi connectivity index (χ1v) is 7.16. The van der Waals surface area contributed by atoms with Gasteiger partial charge in [0.1, 0.15) is 6.33 Å². The van der Waals surface area contributed by atoms with E-state index in [1.54, 1.807) is 6.33 Å². The lowest BCUT2D eigenvalue weighted by Crippen LogP contribution is -2.56. The number of carbonyl (C=O) groups is 1. The molecule has 1 saturated heterocycles. The van der Waals surface area contributed by atoms with Crippen molar-refractivity contribution in [3.63, 3.8) is 0 Å². The molecule has 3 heterocycles. The van der Waals surface area contributed by atoms with Crippen LogP contribution in [0.4, 0.5) is 0 Å². The largest absolute Gasteiger partial charge is 0.332 e. The third kappa shape index (κ3) is 2.14. The lowest BCUT2D eigenvalue weighted by molar-refractivity contribution is -0.139. The minimum atomic E-state index is -0.322. The number of fused-ring (bicyclic) bond motifs is 1. The van der Waals surface area contributed by atoms with Crippen LogP contribution in [0.15, 0.2) is 6.33 Å². The monoisotopic (exact) mass is 263 g/mol. The van der Waals surface area contributed by atoms with Crippen LogP contribution in [0.3, 0.4) is 0 Å². The molecule has 1 amide bonds. The van der Waals surface area contributed by atoms with Gasteiger partial charge in [0.2, 0.25) is 5.91 Å². The molecule has 104 valence electrons. The van der Waals surface area contributed by atoms with Gasteiger partial charge in [0.25, 0.3) is 0 Å². The molecule has 0 aliphatic carbocycles. The summed E-state index contributed by atoms with van der Waals surface area (Å²) in [5.41, 5.74) is -0.322. The van der Waals surface area contributed by atoms with Gasteiger partial charge >= 0.3 is 0 Å². The summed E-state index contributed by atoms with van der Waals surface area (Å²) in [4.78, 5) is 14.8. The maximum atomic E-state index is 12.8. The highest BCUT2D eigenvalue weighted by Crippen LogP contribution is 2.28. The minimum Gasteiger partial charge on any atom is -0.332 e. The van der Waals surface area contributed by atoms with E-state index in [0.717, 1.165) is 51.1 Å². The van der Waals surface area contributed by atoms with Crippen molar-refractivity contribution >= 4 is 5.91 Å². The topological polar surface area (TPSA) is 63.1 Å². The molecule has 0 saturated carbocycles. The molecule has 3 rings (SSSR count). The Bertz CT molecular complexity index is 463. The Morgan fingerprint density at radius 1 is 1.53 bits per heavy atom. The average Bonchev–Trinajstić information content (AvgIpc) is 3.06. The van der Waals surface area contributed by atoms with E-state index in [1.165, 1.54) is 0 Å². The van der Waals surface area contributed by atoms with Crippen molar-refractivity contribution in [2.24, 2.45) is 0 Å². The number of hydrogen-bond donors (Lipinski definition) is 1. The van der Waals surface area contributed by atoms with Crippen LogP contribution < -0.4 is 5.32 Å². The molecule has 1 N–H and O–H groups in total. The van der Waals surface area contributed by atoms with Crippen LogP contribution >= 0.6 is 0 Å². The van der Waals surface area contributed by atoms with Crippen LogP contribution in [-0.2, 0) is 17.9 Å². The lowest BCUT2D eigenvalue weighted by Gasteiger charge is -2.36. The van der Waals surface area contributed by atoms with Crippen molar-refractivity contribution in [3.05, 3.63) is 12.2 Å². The van der Waals surface area contributed by atoms with Crippen LogP contribution in [0, 0.1) is 0 Å². The molecule has 6 heteroatoms. The second-order valence-corrected chi connectivity index (χ2v) is 5.53. The van der Waals surface area contributed by atoms with Gasteiger partial charge in [0, 0.05) is 13.1 Å². The molecule has 19 heavy (non-hydrogen) atoms. The van der Waals surface area contributed by atoms with E-state index in [9.17, 15) is 4.79 Å². The Hall–Kier alpha value is -1.43. The molecule has 0 aromatic carbocycles. The van der Waals surface area contributed by atoms with Crippen LogP contribution in [-0.4, -0.2) is 44.2 Å². The summed E-state index contributed by atoms with van der Waals surface area (Å²) in [6.07, 6.45) is 5.75. The van der Waals surface area contributed by atoms with Gasteiger partial charge in [-0.05, 0) is 25.8 Å². The van der Waals surface area contributed by atoms with Crippen molar-refractivity contribution in [1.82, 2.24) is 25.0 Å². The summed E-state index contributed by atoms with van der Waals surface area (Å²) in [5.74, 6) is 1.14. The van der Waals surface area contributed by atoms with E-state index >= 15 is 0 Å². The van der Waals surface area contributed by atoms with E-state index in [0.29, 0.717) is 6.54 Å². The first-order chi connectivity index (χ1) is 9.25. The van der Waals surface area contributed by atoms with Crippen molar-refractivity contribution < 1.29 is 4.79 Å². The van der Waals surface area contributed by atoms with Crippen LogP contribution in [0.25, 0.3) is 0 Å². The Kier molecular flexibility index (Phi) is 3.26. The number of rotatable bonds is 3. The highest BCUT2D eigenvalue weighted by Gasteiger charge is 2.43. The molecular weight excluding hydrogens is 242 g/mol. The van der Waals surface area contributed by atoms with Crippen molar-refractivity contribution in [1.29, 1.82) is 0 Å². The number of aromatic nitrogens is 3. The minimum absolute atomic E-state index is 0.251. The zero-order valence-electron chi connectivity index (χ0n) is 11.4. The second kappa shape index (κ2) is 4.92. The molecule has 0 bridgehead atoms. The summed E-state index contributed by atoms with van der Waals surface area (Å²) >= 11 is 0. The molecule has 2 aliphatic heterocycles. The smallest absolute Gasteiger partial charge is 0.243 e. The van der Waals surface area contributed by atoms with Crippen molar-refractivity contribution in [3.8, 4) is 0 Å². The number of carbonyl (C=O) groups excluding carboxylic acids is 1. The zero-order valence-corrected chi connectivity index (χ0v) is 11.4. The number of nitrogens with zero attached hydrogens (tertiary/aromatic N) is 4. The van der Waals surface area contributed by atoms with E-state index < -0.39 is 0 Å². The standard InChI is InChI=1S/C13H21N5O/c1-2-4-13(5-3-6-14-13)12(19)17-7-8-18-10-15-16-11(18)9-17/h10,14H,2-9H2,1H3. The fraction of sp³-hybridized carbons (Fsp3) is 0.769. The maximum absolute atomic E-state index is 12.8. The van der Waals surface area contributed by atoms with Crippen molar-refractivity contribution in [2.75, 3.05) is 13.1 Å². The molecule has 1 atom stereocenters. The fourth-order valence-electron chi connectivity index (χ4n) is 3.28. The van der Waals surface area contributed by atoms with E-state index in [2.05, 4.69) is 22.4 Å². The Balaban J connectivity index is 1.77. The highest BCUT2D eigenvalue weighted by molar-refractivity contribution is 5.86. The number of nitrogens with one attached hydrogen (secondary N) is 1. The molecular formula is C13H21N5O. The highest BCUT2D eigenvalue weighted by atomic mass is 16.2. The number of amides is 1. The van der Waals surface area contributed by atoms with Gasteiger partial charge in [-0.2, -0.15) is 0 Å². The summed E-state index contributed by atoms with van der Waals surface area (Å²) in [6, 6.07) is 0. The Morgan fingerprint density at radius 3 is 3.16 bits per heavy atom. The van der Waals surface area contributed by atoms with Gasteiger partial charge in [-0.3, -0.25) is 4.79 Å². The zero-order chi connectivity index (χ0) is 13.3. The van der Waals surface area contributed by atoms with Crippen LogP contribution in [0.5, 0.6) is 0 Å². The Morgan fingerprint density at radius 2 is 2.42 bits per heavy atom. The van der Waals surface area contributed by atoms with Gasteiger partial charge in [-0.25, -0.2) is 0 Å². The molecule has 0 spiro atoms. The third-order valence-electron chi connectivity index (χ3n) is 4.26. The average molecular weight is 263 g/mol. The lowest BCUT2D eigenvalue weighted by atomic mass is 9.90. The fourth-order valence-corrected chi connectivity index (χ4v) is 3.28. The van der Waals surface area contributed by atoms with Gasteiger partial charge in [0.05, 0.1) is 12.1 Å². The molecule has 1 aromatic rings. The first kappa shape index (κ1) is 12.6. The molecule has 6 nitrogen and oxygen atoms in total. The predicted octanol–water partition coefficient (Wildman–Crippen LogP) is 0.543. The van der Waals surface area contributed by atoms with Gasteiger partial charge < -0.3 is 14.8 Å². The SMILES string of the molecule is CCCC1(C(=O)N2CCn3cnnc3C2)CCCN1. The van der Waals surface area contributed by atoms with Crippen LogP contribution in [0.2, 0.25) is 0 Å². The molecule has 1 unspecified atom stereocenters. The predicted molar refractivity (Wildman–Crippen MR) is 70.3 cm³/mol.